The third kappa shape index (κ3) is 2.47. The third-order valence-electron chi connectivity index (χ3n) is 3.81. The molecule has 1 saturated heterocycles. The smallest absolute Gasteiger partial charge is 0.165 e. The number of aromatic nitrogens is 4. The van der Waals surface area contributed by atoms with Crippen LogP contribution in [0.3, 0.4) is 0 Å². The van der Waals surface area contributed by atoms with E-state index in [1.165, 1.54) is 25.7 Å². The first-order valence-corrected chi connectivity index (χ1v) is 6.53. The molecule has 0 bridgehead atoms. The summed E-state index contributed by atoms with van der Waals surface area (Å²) in [5.74, 6) is 1.04. The van der Waals surface area contributed by atoms with Gasteiger partial charge in [-0.1, -0.05) is 0 Å². The second-order valence-electron chi connectivity index (χ2n) is 5.11. The zero-order valence-corrected chi connectivity index (χ0v) is 10.3. The third-order valence-corrected chi connectivity index (χ3v) is 3.81. The van der Waals surface area contributed by atoms with Gasteiger partial charge in [0.1, 0.15) is 0 Å². The number of likely N-dealkylation sites (tertiary alicyclic amines) is 1. The largest absolute Gasteiger partial charge is 0.317 e. The lowest BCUT2D eigenvalue weighted by Gasteiger charge is -2.31. The van der Waals surface area contributed by atoms with E-state index in [1.54, 1.807) is 0 Å². The fourth-order valence-corrected chi connectivity index (χ4v) is 2.50. The summed E-state index contributed by atoms with van der Waals surface area (Å²) < 4.78 is 2.02. The highest BCUT2D eigenvalue weighted by atomic mass is 15.6. The predicted molar refractivity (Wildman–Crippen MR) is 63.4 cm³/mol. The van der Waals surface area contributed by atoms with Gasteiger partial charge in [-0.15, -0.1) is 5.10 Å². The van der Waals surface area contributed by atoms with Crippen LogP contribution >= 0.6 is 0 Å². The molecular formula is C11H20N6. The van der Waals surface area contributed by atoms with Crippen molar-refractivity contribution in [2.45, 2.75) is 44.3 Å². The van der Waals surface area contributed by atoms with Gasteiger partial charge in [0.2, 0.25) is 0 Å². The molecule has 1 N–H and O–H groups in total. The summed E-state index contributed by atoms with van der Waals surface area (Å²) in [6.45, 7) is 3.19. The van der Waals surface area contributed by atoms with Gasteiger partial charge in [0, 0.05) is 19.1 Å². The first-order valence-electron chi connectivity index (χ1n) is 6.53. The summed E-state index contributed by atoms with van der Waals surface area (Å²) in [5.41, 5.74) is 0. The lowest BCUT2D eigenvalue weighted by atomic mass is 10.1. The minimum atomic E-state index is 0.579. The van der Waals surface area contributed by atoms with E-state index in [2.05, 4.69) is 25.7 Å². The molecule has 0 aromatic carbocycles. The van der Waals surface area contributed by atoms with Gasteiger partial charge in [-0.25, -0.2) is 4.68 Å². The minimum Gasteiger partial charge on any atom is -0.317 e. The molecule has 94 valence electrons. The van der Waals surface area contributed by atoms with E-state index in [0.717, 1.165) is 25.5 Å². The van der Waals surface area contributed by atoms with E-state index in [0.29, 0.717) is 12.1 Å². The Labute approximate surface area is 101 Å². The molecule has 6 nitrogen and oxygen atoms in total. The van der Waals surface area contributed by atoms with E-state index >= 15 is 0 Å². The lowest BCUT2D eigenvalue weighted by Crippen LogP contribution is -2.41. The highest BCUT2D eigenvalue weighted by Crippen LogP contribution is 2.34. The van der Waals surface area contributed by atoms with Crippen LogP contribution in [-0.4, -0.2) is 51.3 Å². The molecule has 6 heteroatoms. The summed E-state index contributed by atoms with van der Waals surface area (Å²) in [6.07, 6.45) is 4.92. The van der Waals surface area contributed by atoms with Crippen LogP contribution in [0.1, 0.15) is 37.5 Å². The van der Waals surface area contributed by atoms with Crippen LogP contribution in [-0.2, 0) is 6.54 Å². The second kappa shape index (κ2) is 4.70. The number of nitrogens with zero attached hydrogens (tertiary/aromatic N) is 5. The number of tetrazole rings is 1. The Morgan fingerprint density at radius 1 is 1.24 bits per heavy atom. The van der Waals surface area contributed by atoms with Crippen molar-refractivity contribution in [2.24, 2.45) is 0 Å². The minimum absolute atomic E-state index is 0.579. The maximum Gasteiger partial charge on any atom is 0.165 e. The molecule has 17 heavy (non-hydrogen) atoms. The number of hydrogen-bond donors (Lipinski definition) is 1. The Morgan fingerprint density at radius 3 is 2.65 bits per heavy atom. The second-order valence-corrected chi connectivity index (χ2v) is 5.11. The van der Waals surface area contributed by atoms with E-state index in [-0.39, 0.29) is 0 Å². The molecule has 0 spiro atoms. The molecule has 1 saturated carbocycles. The fraction of sp³-hybridized carbons (Fsp3) is 0.909. The average Bonchev–Trinajstić information content (AvgIpc) is 3.11. The molecule has 0 radical (unpaired) electrons. The Balaban J connectivity index is 1.58. The van der Waals surface area contributed by atoms with E-state index in [4.69, 9.17) is 0 Å². The molecule has 2 fully saturated rings. The van der Waals surface area contributed by atoms with Crippen molar-refractivity contribution in [2.75, 3.05) is 20.1 Å². The number of rotatable bonds is 4. The first-order chi connectivity index (χ1) is 8.36. The molecule has 0 unspecified atom stereocenters. The molecule has 2 aliphatic rings. The number of piperidine rings is 1. The standard InChI is InChI=1S/C11H20N6/c1-12-9-4-6-16(7-5-9)8-11-13-14-15-17(11)10-2-3-10/h9-10,12H,2-8H2,1H3. The van der Waals surface area contributed by atoms with Crippen LogP contribution in [0.2, 0.25) is 0 Å². The molecule has 0 atom stereocenters. The summed E-state index contributed by atoms with van der Waals surface area (Å²) in [7, 11) is 2.05. The molecule has 3 rings (SSSR count). The quantitative estimate of drug-likeness (QED) is 0.809. The summed E-state index contributed by atoms with van der Waals surface area (Å²) in [6, 6.07) is 1.26. The van der Waals surface area contributed by atoms with Gasteiger partial charge in [0.15, 0.2) is 5.82 Å². The van der Waals surface area contributed by atoms with Crippen molar-refractivity contribution in [3.05, 3.63) is 5.82 Å². The van der Waals surface area contributed by atoms with Gasteiger partial charge in [-0.2, -0.15) is 0 Å². The number of hydrogen-bond acceptors (Lipinski definition) is 5. The van der Waals surface area contributed by atoms with Crippen LogP contribution in [0.4, 0.5) is 0 Å². The topological polar surface area (TPSA) is 58.9 Å². The molecule has 1 aromatic rings. The summed E-state index contributed by atoms with van der Waals surface area (Å²) in [4.78, 5) is 2.46. The molecule has 1 aliphatic carbocycles. The van der Waals surface area contributed by atoms with Crippen LogP contribution in [0, 0.1) is 0 Å². The van der Waals surface area contributed by atoms with Gasteiger partial charge >= 0.3 is 0 Å². The molecule has 1 aliphatic heterocycles. The maximum atomic E-state index is 4.16. The van der Waals surface area contributed by atoms with Crippen LogP contribution in [0.5, 0.6) is 0 Å². The molecule has 0 amide bonds. The first kappa shape index (κ1) is 11.1. The van der Waals surface area contributed by atoms with Crippen LogP contribution < -0.4 is 5.32 Å². The molecular weight excluding hydrogens is 216 g/mol. The Bertz CT molecular complexity index is 364. The maximum absolute atomic E-state index is 4.16. The SMILES string of the molecule is CNC1CCN(Cc2nnnn2C2CC2)CC1. The lowest BCUT2D eigenvalue weighted by molar-refractivity contribution is 0.187. The van der Waals surface area contributed by atoms with Gasteiger partial charge in [0.25, 0.3) is 0 Å². The van der Waals surface area contributed by atoms with Crippen molar-refractivity contribution in [1.82, 2.24) is 30.4 Å². The normalized spacial score (nSPS) is 23.1. The monoisotopic (exact) mass is 236 g/mol. The van der Waals surface area contributed by atoms with Gasteiger partial charge in [-0.05, 0) is 43.2 Å². The zero-order valence-electron chi connectivity index (χ0n) is 10.3. The Hall–Kier alpha value is -1.01. The highest BCUT2D eigenvalue weighted by Gasteiger charge is 2.28. The predicted octanol–water partition coefficient (Wildman–Crippen LogP) is 0.192. The molecule has 2 heterocycles. The Kier molecular flexibility index (Phi) is 3.07. The molecule has 1 aromatic heterocycles. The van der Waals surface area contributed by atoms with Crippen molar-refractivity contribution in [1.29, 1.82) is 0 Å². The van der Waals surface area contributed by atoms with Crippen molar-refractivity contribution >= 4 is 0 Å². The van der Waals surface area contributed by atoms with Crippen LogP contribution in [0.15, 0.2) is 0 Å². The average molecular weight is 236 g/mol. The van der Waals surface area contributed by atoms with E-state index < -0.39 is 0 Å². The van der Waals surface area contributed by atoms with E-state index in [9.17, 15) is 0 Å². The fourth-order valence-electron chi connectivity index (χ4n) is 2.50. The van der Waals surface area contributed by atoms with Crippen molar-refractivity contribution in [3.63, 3.8) is 0 Å². The zero-order chi connectivity index (χ0) is 11.7. The van der Waals surface area contributed by atoms with Gasteiger partial charge in [-0.3, -0.25) is 4.90 Å². The van der Waals surface area contributed by atoms with Crippen molar-refractivity contribution in [3.8, 4) is 0 Å². The van der Waals surface area contributed by atoms with Gasteiger partial charge < -0.3 is 5.32 Å². The van der Waals surface area contributed by atoms with Crippen molar-refractivity contribution < 1.29 is 0 Å². The van der Waals surface area contributed by atoms with Gasteiger partial charge in [0.05, 0.1) is 12.6 Å². The van der Waals surface area contributed by atoms with E-state index in [1.807, 2.05) is 11.7 Å². The van der Waals surface area contributed by atoms with Crippen LogP contribution in [0.25, 0.3) is 0 Å². The Morgan fingerprint density at radius 2 is 2.00 bits per heavy atom. The highest BCUT2D eigenvalue weighted by molar-refractivity contribution is 4.91. The number of nitrogens with one attached hydrogen (secondary N) is 1. The summed E-state index contributed by atoms with van der Waals surface area (Å²) in [5, 5.41) is 15.4. The summed E-state index contributed by atoms with van der Waals surface area (Å²) >= 11 is 0.